The van der Waals surface area contributed by atoms with Gasteiger partial charge in [0.25, 0.3) is 0 Å². The Labute approximate surface area is 105 Å². The van der Waals surface area contributed by atoms with E-state index in [0.717, 1.165) is 16.3 Å². The zero-order valence-electron chi connectivity index (χ0n) is 10.3. The summed E-state index contributed by atoms with van der Waals surface area (Å²) in [6.45, 7) is 6.11. The number of aliphatic carboxylic acids is 1. The molecule has 4 nitrogen and oxygen atoms in total. The van der Waals surface area contributed by atoms with Crippen molar-refractivity contribution in [2.45, 2.75) is 31.9 Å². The number of rotatable bonds is 6. The standard InChI is InChI=1S/C12H17NO3S/c1-4-16-10(12(14)15)7-17-11-6-8(2)5-9(3)13-11/h5-6,10H,4,7H2,1-3H3,(H,14,15). The van der Waals surface area contributed by atoms with Crippen molar-refractivity contribution in [3.05, 3.63) is 23.4 Å². The van der Waals surface area contributed by atoms with Crippen molar-refractivity contribution in [1.29, 1.82) is 0 Å². The number of carboxylic acids is 1. The summed E-state index contributed by atoms with van der Waals surface area (Å²) in [6.07, 6.45) is -0.771. The van der Waals surface area contributed by atoms with Crippen LogP contribution in [0, 0.1) is 13.8 Å². The Morgan fingerprint density at radius 1 is 1.53 bits per heavy atom. The predicted molar refractivity (Wildman–Crippen MR) is 67.5 cm³/mol. The number of thioether (sulfide) groups is 1. The lowest BCUT2D eigenvalue weighted by Gasteiger charge is -2.11. The maximum Gasteiger partial charge on any atom is 0.333 e. The summed E-state index contributed by atoms with van der Waals surface area (Å²) >= 11 is 1.41. The molecule has 0 radical (unpaired) electrons. The van der Waals surface area contributed by atoms with E-state index in [0.29, 0.717) is 12.4 Å². The molecular formula is C12H17NO3S. The maximum atomic E-state index is 10.9. The van der Waals surface area contributed by atoms with Crippen LogP contribution in [-0.4, -0.2) is 34.5 Å². The quantitative estimate of drug-likeness (QED) is 0.790. The number of pyridine rings is 1. The van der Waals surface area contributed by atoms with Gasteiger partial charge in [-0.1, -0.05) is 0 Å². The van der Waals surface area contributed by atoms with Crippen LogP contribution in [0.4, 0.5) is 0 Å². The summed E-state index contributed by atoms with van der Waals surface area (Å²) in [5, 5.41) is 9.77. The molecule has 1 rings (SSSR count). The van der Waals surface area contributed by atoms with Crippen LogP contribution in [0.5, 0.6) is 0 Å². The molecule has 1 unspecified atom stereocenters. The summed E-state index contributed by atoms with van der Waals surface area (Å²) in [4.78, 5) is 15.2. The number of carbonyl (C=O) groups is 1. The third-order valence-electron chi connectivity index (χ3n) is 2.10. The molecule has 1 atom stereocenters. The number of aryl methyl sites for hydroxylation is 2. The van der Waals surface area contributed by atoms with Crippen LogP contribution >= 0.6 is 11.8 Å². The van der Waals surface area contributed by atoms with E-state index in [9.17, 15) is 4.79 Å². The fourth-order valence-electron chi connectivity index (χ4n) is 1.43. The fraction of sp³-hybridized carbons (Fsp3) is 0.500. The Hall–Kier alpha value is -1.07. The normalized spacial score (nSPS) is 12.4. The highest BCUT2D eigenvalue weighted by Crippen LogP contribution is 2.19. The van der Waals surface area contributed by atoms with Gasteiger partial charge < -0.3 is 9.84 Å². The van der Waals surface area contributed by atoms with Crippen molar-refractivity contribution in [1.82, 2.24) is 4.98 Å². The number of carboxylic acid groups (broad SMARTS) is 1. The van der Waals surface area contributed by atoms with Gasteiger partial charge in [0.05, 0.1) is 5.03 Å². The number of aromatic nitrogens is 1. The van der Waals surface area contributed by atoms with Crippen LogP contribution in [0.15, 0.2) is 17.2 Å². The highest BCUT2D eigenvalue weighted by atomic mass is 32.2. The van der Waals surface area contributed by atoms with Crippen molar-refractivity contribution in [3.63, 3.8) is 0 Å². The SMILES string of the molecule is CCOC(CSc1cc(C)cc(C)n1)C(=O)O. The number of ether oxygens (including phenoxy) is 1. The molecular weight excluding hydrogens is 238 g/mol. The van der Waals surface area contributed by atoms with Gasteiger partial charge in [-0.25, -0.2) is 9.78 Å². The van der Waals surface area contributed by atoms with E-state index in [1.165, 1.54) is 11.8 Å². The van der Waals surface area contributed by atoms with Crippen LogP contribution in [0.1, 0.15) is 18.2 Å². The van der Waals surface area contributed by atoms with Crippen molar-refractivity contribution in [3.8, 4) is 0 Å². The van der Waals surface area contributed by atoms with Gasteiger partial charge in [-0.05, 0) is 38.5 Å². The smallest absolute Gasteiger partial charge is 0.333 e. The monoisotopic (exact) mass is 255 g/mol. The highest BCUT2D eigenvalue weighted by Gasteiger charge is 2.17. The molecule has 0 aliphatic heterocycles. The molecule has 0 fully saturated rings. The molecule has 94 valence electrons. The molecule has 1 N–H and O–H groups in total. The second kappa shape index (κ2) is 6.61. The van der Waals surface area contributed by atoms with Gasteiger partial charge in [-0.3, -0.25) is 0 Å². The summed E-state index contributed by atoms with van der Waals surface area (Å²) in [5.74, 6) is -0.553. The van der Waals surface area contributed by atoms with Crippen LogP contribution in [0.2, 0.25) is 0 Å². The molecule has 0 aromatic carbocycles. The lowest BCUT2D eigenvalue weighted by molar-refractivity contribution is -0.148. The van der Waals surface area contributed by atoms with Gasteiger partial charge in [0, 0.05) is 18.1 Å². The molecule has 0 bridgehead atoms. The van der Waals surface area contributed by atoms with Crippen molar-refractivity contribution < 1.29 is 14.6 Å². The highest BCUT2D eigenvalue weighted by molar-refractivity contribution is 7.99. The van der Waals surface area contributed by atoms with E-state index in [2.05, 4.69) is 4.98 Å². The van der Waals surface area contributed by atoms with E-state index in [4.69, 9.17) is 9.84 Å². The number of nitrogens with zero attached hydrogens (tertiary/aromatic N) is 1. The Morgan fingerprint density at radius 2 is 2.24 bits per heavy atom. The van der Waals surface area contributed by atoms with E-state index in [-0.39, 0.29) is 0 Å². The van der Waals surface area contributed by atoms with Gasteiger partial charge in [-0.2, -0.15) is 0 Å². The molecule has 0 aliphatic rings. The first-order valence-corrected chi connectivity index (χ1v) is 6.44. The molecule has 5 heteroatoms. The lowest BCUT2D eigenvalue weighted by atomic mass is 10.3. The first-order chi connectivity index (χ1) is 8.02. The topological polar surface area (TPSA) is 59.4 Å². The molecule has 17 heavy (non-hydrogen) atoms. The molecule has 1 aromatic rings. The van der Waals surface area contributed by atoms with Gasteiger partial charge in [0.2, 0.25) is 0 Å². The van der Waals surface area contributed by atoms with Gasteiger partial charge >= 0.3 is 5.97 Å². The molecule has 0 saturated carbocycles. The Balaban J connectivity index is 2.61. The van der Waals surface area contributed by atoms with Gasteiger partial charge in [0.1, 0.15) is 0 Å². The zero-order chi connectivity index (χ0) is 12.8. The van der Waals surface area contributed by atoms with E-state index in [1.54, 1.807) is 6.92 Å². The summed E-state index contributed by atoms with van der Waals surface area (Å²) in [5.41, 5.74) is 2.07. The minimum Gasteiger partial charge on any atom is -0.479 e. The third kappa shape index (κ3) is 4.75. The second-order valence-electron chi connectivity index (χ2n) is 3.72. The van der Waals surface area contributed by atoms with Crippen LogP contribution in [-0.2, 0) is 9.53 Å². The number of hydrogen-bond acceptors (Lipinski definition) is 4. The molecule has 1 heterocycles. The Morgan fingerprint density at radius 3 is 2.76 bits per heavy atom. The van der Waals surface area contributed by atoms with E-state index >= 15 is 0 Å². The van der Waals surface area contributed by atoms with Crippen molar-refractivity contribution in [2.75, 3.05) is 12.4 Å². The van der Waals surface area contributed by atoms with Crippen LogP contribution in [0.3, 0.4) is 0 Å². The zero-order valence-corrected chi connectivity index (χ0v) is 11.1. The fourth-order valence-corrected chi connectivity index (χ4v) is 2.47. The third-order valence-corrected chi connectivity index (χ3v) is 3.07. The molecule has 0 amide bonds. The van der Waals surface area contributed by atoms with Gasteiger partial charge in [0.15, 0.2) is 6.10 Å². The number of hydrogen-bond donors (Lipinski definition) is 1. The van der Waals surface area contributed by atoms with Crippen molar-refractivity contribution in [2.24, 2.45) is 0 Å². The largest absolute Gasteiger partial charge is 0.479 e. The lowest BCUT2D eigenvalue weighted by Crippen LogP contribution is -2.26. The van der Waals surface area contributed by atoms with Crippen LogP contribution < -0.4 is 0 Å². The predicted octanol–water partition coefficient (Wildman–Crippen LogP) is 2.28. The van der Waals surface area contributed by atoms with E-state index < -0.39 is 12.1 Å². The van der Waals surface area contributed by atoms with E-state index in [1.807, 2.05) is 26.0 Å². The Kier molecular flexibility index (Phi) is 5.44. The maximum absolute atomic E-state index is 10.9. The second-order valence-corrected chi connectivity index (χ2v) is 4.76. The van der Waals surface area contributed by atoms with Gasteiger partial charge in [-0.15, -0.1) is 11.8 Å². The average Bonchev–Trinajstić information content (AvgIpc) is 2.22. The molecule has 0 saturated heterocycles. The first kappa shape index (κ1) is 14.0. The summed E-state index contributed by atoms with van der Waals surface area (Å²) < 4.78 is 5.14. The summed E-state index contributed by atoms with van der Waals surface area (Å²) in [7, 11) is 0. The molecule has 0 aliphatic carbocycles. The van der Waals surface area contributed by atoms with Crippen LogP contribution in [0.25, 0.3) is 0 Å². The minimum atomic E-state index is -0.927. The summed E-state index contributed by atoms with van der Waals surface area (Å²) in [6, 6.07) is 3.93. The Bertz CT molecular complexity index is 375. The average molecular weight is 255 g/mol. The van der Waals surface area contributed by atoms with Crippen molar-refractivity contribution >= 4 is 17.7 Å². The molecule has 0 spiro atoms. The first-order valence-electron chi connectivity index (χ1n) is 5.45. The molecule has 1 aromatic heterocycles. The minimum absolute atomic E-state index is 0.374.